The maximum absolute atomic E-state index is 12.8. The summed E-state index contributed by atoms with van der Waals surface area (Å²) in [5.41, 5.74) is 2.80. The summed E-state index contributed by atoms with van der Waals surface area (Å²) >= 11 is 0. The Kier molecular flexibility index (Phi) is 4.35. The number of nitrogens with zero attached hydrogens (tertiary/aromatic N) is 2. The van der Waals surface area contributed by atoms with E-state index in [1.54, 1.807) is 12.3 Å². The summed E-state index contributed by atoms with van der Waals surface area (Å²) in [6.45, 7) is 5.28. The number of nitro benzene ring substituents is 1. The van der Waals surface area contributed by atoms with Gasteiger partial charge in [-0.2, -0.15) is 0 Å². The SMILES string of the molecule is CC(C)Cn1ccc2cc(NC(=O)c3c[nH]c4ccc([N+](=O)[O-])cc34)ccc21. The molecule has 7 heteroatoms. The Balaban J connectivity index is 1.62. The summed E-state index contributed by atoms with van der Waals surface area (Å²) in [5.74, 6) is 0.230. The van der Waals surface area contributed by atoms with Crippen LogP contribution in [0, 0.1) is 16.0 Å². The van der Waals surface area contributed by atoms with E-state index in [2.05, 4.69) is 34.9 Å². The number of benzene rings is 2. The fraction of sp³-hybridized carbons (Fsp3) is 0.190. The largest absolute Gasteiger partial charge is 0.360 e. The number of hydrogen-bond acceptors (Lipinski definition) is 3. The van der Waals surface area contributed by atoms with E-state index in [1.807, 2.05) is 24.3 Å². The van der Waals surface area contributed by atoms with Crippen molar-refractivity contribution in [2.24, 2.45) is 5.92 Å². The highest BCUT2D eigenvalue weighted by molar-refractivity contribution is 6.13. The van der Waals surface area contributed by atoms with Crippen LogP contribution in [0.5, 0.6) is 0 Å². The van der Waals surface area contributed by atoms with Crippen molar-refractivity contribution in [3.8, 4) is 0 Å². The number of amides is 1. The molecule has 0 atom stereocenters. The zero-order valence-corrected chi connectivity index (χ0v) is 15.6. The van der Waals surface area contributed by atoms with Gasteiger partial charge >= 0.3 is 0 Å². The molecule has 28 heavy (non-hydrogen) atoms. The number of rotatable bonds is 5. The maximum atomic E-state index is 12.8. The molecule has 0 saturated carbocycles. The smallest absolute Gasteiger partial charge is 0.270 e. The topological polar surface area (TPSA) is 93.0 Å². The van der Waals surface area contributed by atoms with E-state index in [4.69, 9.17) is 0 Å². The van der Waals surface area contributed by atoms with E-state index in [0.717, 1.165) is 17.4 Å². The summed E-state index contributed by atoms with van der Waals surface area (Å²) < 4.78 is 2.20. The number of nitrogens with one attached hydrogen (secondary N) is 2. The zero-order chi connectivity index (χ0) is 19.8. The zero-order valence-electron chi connectivity index (χ0n) is 15.6. The number of hydrogen-bond donors (Lipinski definition) is 2. The Bertz CT molecular complexity index is 1200. The summed E-state index contributed by atoms with van der Waals surface area (Å²) in [6.07, 6.45) is 3.62. The van der Waals surface area contributed by atoms with Crippen LogP contribution in [0.1, 0.15) is 24.2 Å². The van der Waals surface area contributed by atoms with Gasteiger partial charge in [0, 0.05) is 58.6 Å². The number of H-pyrrole nitrogens is 1. The number of aromatic amines is 1. The molecule has 2 aromatic heterocycles. The summed E-state index contributed by atoms with van der Waals surface area (Å²) in [6, 6.07) is 12.3. The second-order valence-electron chi connectivity index (χ2n) is 7.28. The van der Waals surface area contributed by atoms with E-state index < -0.39 is 4.92 Å². The van der Waals surface area contributed by atoms with E-state index in [-0.39, 0.29) is 11.6 Å². The molecular formula is C21H20N4O3. The lowest BCUT2D eigenvalue weighted by Gasteiger charge is -2.09. The third-order valence-corrected chi connectivity index (χ3v) is 4.71. The first kappa shape index (κ1) is 17.8. The van der Waals surface area contributed by atoms with Crippen LogP contribution in [0.25, 0.3) is 21.8 Å². The molecule has 0 unspecified atom stereocenters. The molecule has 7 nitrogen and oxygen atoms in total. The number of anilines is 1. The molecule has 4 rings (SSSR count). The highest BCUT2D eigenvalue weighted by atomic mass is 16.6. The maximum Gasteiger partial charge on any atom is 0.270 e. The number of carbonyl (C=O) groups excluding carboxylic acids is 1. The average Bonchev–Trinajstić information content (AvgIpc) is 3.24. The van der Waals surface area contributed by atoms with Crippen LogP contribution < -0.4 is 5.32 Å². The standard InChI is InChI=1S/C21H20N4O3/c1-13(2)12-24-8-7-14-9-15(3-6-20(14)24)23-21(26)18-11-22-19-5-4-16(25(27)28)10-17(18)19/h3-11,13,22H,12H2,1-2H3,(H,23,26). The molecule has 2 heterocycles. The molecule has 0 aliphatic rings. The third-order valence-electron chi connectivity index (χ3n) is 4.71. The first-order valence-electron chi connectivity index (χ1n) is 9.08. The van der Waals surface area contributed by atoms with Crippen LogP contribution in [-0.4, -0.2) is 20.4 Å². The van der Waals surface area contributed by atoms with Crippen molar-refractivity contribution in [2.45, 2.75) is 20.4 Å². The Morgan fingerprint density at radius 2 is 2.04 bits per heavy atom. The summed E-state index contributed by atoms with van der Waals surface area (Å²) in [4.78, 5) is 26.3. The van der Waals surface area contributed by atoms with E-state index in [0.29, 0.717) is 28.1 Å². The molecule has 0 spiro atoms. The molecule has 2 N–H and O–H groups in total. The van der Waals surface area contributed by atoms with Crippen molar-refractivity contribution in [3.05, 3.63) is 70.5 Å². The number of nitro groups is 1. The molecule has 1 amide bonds. The minimum atomic E-state index is -0.468. The lowest BCUT2D eigenvalue weighted by atomic mass is 10.1. The van der Waals surface area contributed by atoms with Crippen molar-refractivity contribution in [3.63, 3.8) is 0 Å². The van der Waals surface area contributed by atoms with Gasteiger partial charge < -0.3 is 14.9 Å². The predicted octanol–water partition coefficient (Wildman–Crippen LogP) is 4.94. The van der Waals surface area contributed by atoms with Gasteiger partial charge in [-0.1, -0.05) is 13.8 Å². The van der Waals surface area contributed by atoms with Crippen molar-refractivity contribution in [1.82, 2.24) is 9.55 Å². The molecule has 2 aromatic carbocycles. The summed E-state index contributed by atoms with van der Waals surface area (Å²) in [5, 5.41) is 15.5. The fourth-order valence-electron chi connectivity index (χ4n) is 3.44. The van der Waals surface area contributed by atoms with E-state index >= 15 is 0 Å². The number of carbonyl (C=O) groups is 1. The first-order valence-corrected chi connectivity index (χ1v) is 9.08. The van der Waals surface area contributed by atoms with Crippen LogP contribution in [0.4, 0.5) is 11.4 Å². The molecule has 0 bridgehead atoms. The van der Waals surface area contributed by atoms with Gasteiger partial charge in [0.1, 0.15) is 0 Å². The number of non-ortho nitro benzene ring substituents is 1. The molecule has 0 saturated heterocycles. The van der Waals surface area contributed by atoms with Crippen LogP contribution in [0.15, 0.2) is 54.9 Å². The van der Waals surface area contributed by atoms with Crippen molar-refractivity contribution in [1.29, 1.82) is 0 Å². The minimum Gasteiger partial charge on any atom is -0.360 e. The molecule has 0 fully saturated rings. The highest BCUT2D eigenvalue weighted by Crippen LogP contribution is 2.26. The lowest BCUT2D eigenvalue weighted by molar-refractivity contribution is -0.384. The Labute approximate surface area is 161 Å². The minimum absolute atomic E-state index is 0.0472. The first-order chi connectivity index (χ1) is 13.4. The lowest BCUT2D eigenvalue weighted by Crippen LogP contribution is -2.11. The Morgan fingerprint density at radius 1 is 1.21 bits per heavy atom. The van der Waals surface area contributed by atoms with Crippen molar-refractivity contribution < 1.29 is 9.72 Å². The Morgan fingerprint density at radius 3 is 2.79 bits per heavy atom. The van der Waals surface area contributed by atoms with Crippen LogP contribution >= 0.6 is 0 Å². The quantitative estimate of drug-likeness (QED) is 0.382. The highest BCUT2D eigenvalue weighted by Gasteiger charge is 2.16. The summed E-state index contributed by atoms with van der Waals surface area (Å²) in [7, 11) is 0. The van der Waals surface area contributed by atoms with Gasteiger partial charge in [-0.05, 0) is 36.2 Å². The monoisotopic (exact) mass is 376 g/mol. The van der Waals surface area contributed by atoms with Crippen LogP contribution in [-0.2, 0) is 6.54 Å². The van der Waals surface area contributed by atoms with Gasteiger partial charge in [-0.25, -0.2) is 0 Å². The van der Waals surface area contributed by atoms with Crippen LogP contribution in [0.3, 0.4) is 0 Å². The third kappa shape index (κ3) is 3.22. The molecule has 142 valence electrons. The molecule has 0 aliphatic heterocycles. The van der Waals surface area contributed by atoms with Gasteiger partial charge in [0.25, 0.3) is 11.6 Å². The van der Waals surface area contributed by atoms with Crippen molar-refractivity contribution >= 4 is 39.1 Å². The average molecular weight is 376 g/mol. The van der Waals surface area contributed by atoms with E-state index in [9.17, 15) is 14.9 Å². The molecule has 0 aliphatic carbocycles. The normalized spacial score (nSPS) is 11.4. The second kappa shape index (κ2) is 6.84. The molecular weight excluding hydrogens is 356 g/mol. The van der Waals surface area contributed by atoms with Gasteiger partial charge in [-0.15, -0.1) is 0 Å². The van der Waals surface area contributed by atoms with Gasteiger partial charge in [0.05, 0.1) is 10.5 Å². The molecule has 4 aromatic rings. The van der Waals surface area contributed by atoms with Crippen molar-refractivity contribution in [2.75, 3.05) is 5.32 Å². The number of aromatic nitrogens is 2. The predicted molar refractivity (Wildman–Crippen MR) is 110 cm³/mol. The number of fused-ring (bicyclic) bond motifs is 2. The van der Waals surface area contributed by atoms with Crippen LogP contribution in [0.2, 0.25) is 0 Å². The van der Waals surface area contributed by atoms with Gasteiger partial charge in [0.15, 0.2) is 0 Å². The van der Waals surface area contributed by atoms with Gasteiger partial charge in [0.2, 0.25) is 0 Å². The van der Waals surface area contributed by atoms with E-state index in [1.165, 1.54) is 12.1 Å². The Hall–Kier alpha value is -3.61. The van der Waals surface area contributed by atoms with Gasteiger partial charge in [-0.3, -0.25) is 14.9 Å². The second-order valence-corrected chi connectivity index (χ2v) is 7.28. The fourth-order valence-corrected chi connectivity index (χ4v) is 3.44. The molecule has 0 radical (unpaired) electrons.